The number of carbonyl (C=O) groups excluding carboxylic acids is 1. The van der Waals surface area contributed by atoms with Gasteiger partial charge < -0.3 is 13.9 Å². The average Bonchev–Trinajstić information content (AvgIpc) is 3.25. The van der Waals surface area contributed by atoms with Crippen LogP contribution < -0.4 is 0 Å². The standard InChI is InChI=1S/C16H15N3O2S/c1-11-4-8-22-15(11)16(20)18-5-6-19-12(9-17-14(19)10-18)13-3-2-7-21-13/h2-4,7-9H,5-6,10H2,1H3. The predicted molar refractivity (Wildman–Crippen MR) is 83.7 cm³/mol. The first-order chi connectivity index (χ1) is 10.7. The van der Waals surface area contributed by atoms with Gasteiger partial charge in [-0.2, -0.15) is 0 Å². The zero-order chi connectivity index (χ0) is 15.1. The van der Waals surface area contributed by atoms with E-state index in [-0.39, 0.29) is 5.91 Å². The summed E-state index contributed by atoms with van der Waals surface area (Å²) in [6, 6.07) is 5.78. The topological polar surface area (TPSA) is 51.3 Å². The largest absolute Gasteiger partial charge is 0.463 e. The molecule has 3 aromatic heterocycles. The molecule has 112 valence electrons. The summed E-state index contributed by atoms with van der Waals surface area (Å²) in [5.41, 5.74) is 2.01. The molecule has 0 aliphatic carbocycles. The molecule has 1 aliphatic heterocycles. The van der Waals surface area contributed by atoms with Crippen molar-refractivity contribution in [1.82, 2.24) is 14.5 Å². The number of thiophene rings is 1. The fourth-order valence-corrected chi connectivity index (χ4v) is 3.68. The quantitative estimate of drug-likeness (QED) is 0.730. The fourth-order valence-electron chi connectivity index (χ4n) is 2.79. The summed E-state index contributed by atoms with van der Waals surface area (Å²) in [5.74, 6) is 1.81. The first-order valence-electron chi connectivity index (χ1n) is 7.15. The zero-order valence-electron chi connectivity index (χ0n) is 12.2. The number of aromatic nitrogens is 2. The van der Waals surface area contributed by atoms with Crippen LogP contribution in [-0.2, 0) is 13.1 Å². The first kappa shape index (κ1) is 13.3. The summed E-state index contributed by atoms with van der Waals surface area (Å²) >= 11 is 1.50. The molecule has 0 saturated carbocycles. The number of fused-ring (bicyclic) bond motifs is 1. The van der Waals surface area contributed by atoms with Crippen LogP contribution >= 0.6 is 11.3 Å². The Kier molecular flexibility index (Phi) is 3.11. The molecular weight excluding hydrogens is 298 g/mol. The molecule has 0 aromatic carbocycles. The molecule has 22 heavy (non-hydrogen) atoms. The average molecular weight is 313 g/mol. The summed E-state index contributed by atoms with van der Waals surface area (Å²) in [6.07, 6.45) is 3.48. The summed E-state index contributed by atoms with van der Waals surface area (Å²) in [7, 11) is 0. The van der Waals surface area contributed by atoms with E-state index in [9.17, 15) is 4.79 Å². The van der Waals surface area contributed by atoms with Crippen LogP contribution in [0.15, 0.2) is 40.5 Å². The Bertz CT molecular complexity index is 816. The monoisotopic (exact) mass is 313 g/mol. The van der Waals surface area contributed by atoms with E-state index in [1.165, 1.54) is 11.3 Å². The molecule has 6 heteroatoms. The predicted octanol–water partition coefficient (Wildman–Crippen LogP) is 3.17. The highest BCUT2D eigenvalue weighted by atomic mass is 32.1. The molecule has 0 atom stereocenters. The molecule has 0 N–H and O–H groups in total. The third-order valence-corrected chi connectivity index (χ3v) is 4.99. The third-order valence-electron chi connectivity index (χ3n) is 3.98. The number of imidazole rings is 1. The van der Waals surface area contributed by atoms with E-state index in [2.05, 4.69) is 9.55 Å². The maximum atomic E-state index is 12.6. The molecule has 3 aromatic rings. The molecule has 4 rings (SSSR count). The van der Waals surface area contributed by atoms with Crippen LogP contribution in [0.5, 0.6) is 0 Å². The molecule has 0 saturated heterocycles. The van der Waals surface area contributed by atoms with Crippen molar-refractivity contribution in [2.75, 3.05) is 6.54 Å². The second-order valence-electron chi connectivity index (χ2n) is 5.35. The van der Waals surface area contributed by atoms with Crippen molar-refractivity contribution >= 4 is 17.2 Å². The Morgan fingerprint density at radius 1 is 1.36 bits per heavy atom. The molecule has 0 fully saturated rings. The van der Waals surface area contributed by atoms with Crippen molar-refractivity contribution in [2.45, 2.75) is 20.0 Å². The molecule has 0 radical (unpaired) electrons. The van der Waals surface area contributed by atoms with Gasteiger partial charge in [-0.15, -0.1) is 11.3 Å². The number of furan rings is 1. The van der Waals surface area contributed by atoms with E-state index in [4.69, 9.17) is 4.42 Å². The van der Waals surface area contributed by atoms with E-state index < -0.39 is 0 Å². The molecule has 1 aliphatic rings. The van der Waals surface area contributed by atoms with Crippen LogP contribution in [0.4, 0.5) is 0 Å². The number of nitrogens with zero attached hydrogens (tertiary/aromatic N) is 3. The van der Waals surface area contributed by atoms with Crippen LogP contribution in [0.2, 0.25) is 0 Å². The molecule has 0 spiro atoms. The van der Waals surface area contributed by atoms with Gasteiger partial charge in [0.05, 0.1) is 23.9 Å². The molecular formula is C16H15N3O2S. The van der Waals surface area contributed by atoms with Gasteiger partial charge in [0.2, 0.25) is 0 Å². The highest BCUT2D eigenvalue weighted by Crippen LogP contribution is 2.26. The second-order valence-corrected chi connectivity index (χ2v) is 6.26. The normalized spacial score (nSPS) is 14.1. The van der Waals surface area contributed by atoms with Gasteiger partial charge in [0.1, 0.15) is 11.5 Å². The van der Waals surface area contributed by atoms with Gasteiger partial charge in [-0.1, -0.05) is 0 Å². The maximum absolute atomic E-state index is 12.6. The van der Waals surface area contributed by atoms with E-state index in [0.29, 0.717) is 13.1 Å². The highest BCUT2D eigenvalue weighted by molar-refractivity contribution is 7.12. The smallest absolute Gasteiger partial charge is 0.264 e. The number of aryl methyl sites for hydroxylation is 1. The lowest BCUT2D eigenvalue weighted by molar-refractivity contribution is 0.0712. The van der Waals surface area contributed by atoms with Gasteiger partial charge in [-0.05, 0) is 36.1 Å². The lowest BCUT2D eigenvalue weighted by Crippen LogP contribution is -2.38. The van der Waals surface area contributed by atoms with Gasteiger partial charge in [0.15, 0.2) is 5.76 Å². The lowest BCUT2D eigenvalue weighted by Gasteiger charge is -2.28. The fraction of sp³-hybridized carbons (Fsp3) is 0.250. The number of rotatable bonds is 2. The molecule has 0 unspecified atom stereocenters. The van der Waals surface area contributed by atoms with Crippen molar-refractivity contribution < 1.29 is 9.21 Å². The Balaban J connectivity index is 1.61. The zero-order valence-corrected chi connectivity index (χ0v) is 13.0. The minimum atomic E-state index is 0.0984. The molecule has 4 heterocycles. The Hall–Kier alpha value is -2.34. The lowest BCUT2D eigenvalue weighted by atomic mass is 10.2. The minimum Gasteiger partial charge on any atom is -0.463 e. The third kappa shape index (κ3) is 2.07. The van der Waals surface area contributed by atoms with Crippen molar-refractivity contribution in [3.05, 3.63) is 52.3 Å². The second kappa shape index (κ2) is 5.14. The van der Waals surface area contributed by atoms with Crippen molar-refractivity contribution in [3.63, 3.8) is 0 Å². The van der Waals surface area contributed by atoms with Crippen LogP contribution in [-0.4, -0.2) is 26.9 Å². The van der Waals surface area contributed by atoms with Crippen molar-refractivity contribution in [2.24, 2.45) is 0 Å². The van der Waals surface area contributed by atoms with E-state index in [1.54, 1.807) is 6.26 Å². The summed E-state index contributed by atoms with van der Waals surface area (Å²) in [5, 5.41) is 1.96. The molecule has 5 nitrogen and oxygen atoms in total. The van der Waals surface area contributed by atoms with Crippen LogP contribution in [0.3, 0.4) is 0 Å². The summed E-state index contributed by atoms with van der Waals surface area (Å²) < 4.78 is 7.58. The van der Waals surface area contributed by atoms with Gasteiger partial charge in [-0.3, -0.25) is 4.79 Å². The van der Waals surface area contributed by atoms with E-state index in [1.807, 2.05) is 41.6 Å². The summed E-state index contributed by atoms with van der Waals surface area (Å²) in [6.45, 7) is 3.94. The van der Waals surface area contributed by atoms with E-state index in [0.717, 1.165) is 34.3 Å². The van der Waals surface area contributed by atoms with Gasteiger partial charge in [-0.25, -0.2) is 4.98 Å². The van der Waals surface area contributed by atoms with Crippen LogP contribution in [0.1, 0.15) is 21.1 Å². The Morgan fingerprint density at radius 2 is 2.27 bits per heavy atom. The van der Waals surface area contributed by atoms with Gasteiger partial charge >= 0.3 is 0 Å². The van der Waals surface area contributed by atoms with Gasteiger partial charge in [0.25, 0.3) is 5.91 Å². The van der Waals surface area contributed by atoms with Gasteiger partial charge in [0, 0.05) is 13.1 Å². The number of hydrogen-bond acceptors (Lipinski definition) is 4. The Morgan fingerprint density at radius 3 is 3.00 bits per heavy atom. The SMILES string of the molecule is Cc1ccsc1C(=O)N1CCn2c(-c3ccco3)cnc2C1. The minimum absolute atomic E-state index is 0.0984. The maximum Gasteiger partial charge on any atom is 0.264 e. The van der Waals surface area contributed by atoms with Crippen molar-refractivity contribution in [1.29, 1.82) is 0 Å². The number of amides is 1. The summed E-state index contributed by atoms with van der Waals surface area (Å²) in [4.78, 5) is 19.8. The van der Waals surface area contributed by atoms with Crippen molar-refractivity contribution in [3.8, 4) is 11.5 Å². The Labute approximate surface area is 131 Å². The number of carbonyl (C=O) groups is 1. The first-order valence-corrected chi connectivity index (χ1v) is 8.03. The highest BCUT2D eigenvalue weighted by Gasteiger charge is 2.26. The van der Waals surface area contributed by atoms with Crippen LogP contribution in [0, 0.1) is 6.92 Å². The molecule has 0 bridgehead atoms. The van der Waals surface area contributed by atoms with Crippen LogP contribution in [0.25, 0.3) is 11.5 Å². The number of hydrogen-bond donors (Lipinski definition) is 0. The molecule has 1 amide bonds. The van der Waals surface area contributed by atoms with E-state index >= 15 is 0 Å².